The lowest BCUT2D eigenvalue weighted by Gasteiger charge is -2.09. The van der Waals surface area contributed by atoms with Crippen LogP contribution in [0, 0.1) is 0 Å². The van der Waals surface area contributed by atoms with Crippen LogP contribution in [0.1, 0.15) is 40.6 Å². The second kappa shape index (κ2) is 7.89. The van der Waals surface area contributed by atoms with Gasteiger partial charge >= 0.3 is 6.18 Å². The summed E-state index contributed by atoms with van der Waals surface area (Å²) in [5.74, 6) is -0.855. The van der Waals surface area contributed by atoms with Gasteiger partial charge in [0, 0.05) is 36.2 Å². The summed E-state index contributed by atoms with van der Waals surface area (Å²) in [6.45, 7) is -0.319. The van der Waals surface area contributed by atoms with E-state index in [9.17, 15) is 22.8 Å². The highest BCUT2D eigenvalue weighted by Gasteiger charge is 2.38. The average Bonchev–Trinajstić information content (AvgIpc) is 3.30. The van der Waals surface area contributed by atoms with Gasteiger partial charge in [-0.15, -0.1) is 0 Å². The fraction of sp³-hybridized carbons (Fsp3) is 0.300. The standard InChI is InChI=1S/C20H19F3N6O2/c1-28-9-8-15(26-28)19(31)25-14-6-4-13(5-7-14)24-18(30)11-29-16(12-2-3-12)10-17(27-29)20(21,22)23/h4-10,12H,2-3,11H2,1H3,(H,24,30)(H,25,31). The third-order valence-electron chi connectivity index (χ3n) is 4.76. The molecule has 0 radical (unpaired) electrons. The molecule has 2 aromatic heterocycles. The zero-order valence-corrected chi connectivity index (χ0v) is 16.5. The van der Waals surface area contributed by atoms with E-state index in [1.54, 1.807) is 43.6 Å². The predicted octanol–water partition coefficient (Wildman–Crippen LogP) is 3.40. The molecular formula is C20H19F3N6O2. The monoisotopic (exact) mass is 432 g/mol. The third-order valence-corrected chi connectivity index (χ3v) is 4.76. The Bertz CT molecular complexity index is 1110. The highest BCUT2D eigenvalue weighted by molar-refractivity contribution is 6.03. The lowest BCUT2D eigenvalue weighted by Crippen LogP contribution is -2.21. The summed E-state index contributed by atoms with van der Waals surface area (Å²) in [6, 6.07) is 8.96. The first-order chi connectivity index (χ1) is 14.7. The van der Waals surface area contributed by atoms with Crippen LogP contribution in [0.25, 0.3) is 0 Å². The molecule has 1 aromatic carbocycles. The normalized spacial score (nSPS) is 13.8. The molecule has 1 aliphatic carbocycles. The molecule has 11 heteroatoms. The van der Waals surface area contributed by atoms with Crippen molar-refractivity contribution in [3.05, 3.63) is 59.7 Å². The van der Waals surface area contributed by atoms with E-state index in [0.29, 0.717) is 17.1 Å². The van der Waals surface area contributed by atoms with Crippen LogP contribution in [0.15, 0.2) is 42.6 Å². The number of aromatic nitrogens is 4. The number of benzene rings is 1. The number of carbonyl (C=O) groups excluding carboxylic acids is 2. The molecular weight excluding hydrogens is 413 g/mol. The summed E-state index contributed by atoms with van der Waals surface area (Å²) < 4.78 is 41.6. The lowest BCUT2D eigenvalue weighted by molar-refractivity contribution is -0.141. The molecule has 0 bridgehead atoms. The molecule has 1 fully saturated rings. The van der Waals surface area contributed by atoms with E-state index in [4.69, 9.17) is 0 Å². The van der Waals surface area contributed by atoms with E-state index >= 15 is 0 Å². The molecule has 2 N–H and O–H groups in total. The minimum atomic E-state index is -4.55. The second-order valence-electron chi connectivity index (χ2n) is 7.34. The minimum absolute atomic E-state index is 0.0124. The van der Waals surface area contributed by atoms with E-state index in [2.05, 4.69) is 20.8 Å². The van der Waals surface area contributed by atoms with Gasteiger partial charge in [0.2, 0.25) is 5.91 Å². The van der Waals surface area contributed by atoms with Gasteiger partial charge < -0.3 is 10.6 Å². The van der Waals surface area contributed by atoms with Crippen LogP contribution < -0.4 is 10.6 Å². The Morgan fingerprint density at radius 2 is 1.71 bits per heavy atom. The van der Waals surface area contributed by atoms with E-state index in [-0.39, 0.29) is 24.1 Å². The van der Waals surface area contributed by atoms with Gasteiger partial charge in [0.15, 0.2) is 11.4 Å². The highest BCUT2D eigenvalue weighted by Crippen LogP contribution is 2.42. The summed E-state index contributed by atoms with van der Waals surface area (Å²) >= 11 is 0. The quantitative estimate of drug-likeness (QED) is 0.624. The first-order valence-electron chi connectivity index (χ1n) is 9.55. The molecule has 2 heterocycles. The molecule has 0 saturated heterocycles. The van der Waals surface area contributed by atoms with Crippen molar-refractivity contribution in [1.29, 1.82) is 0 Å². The van der Waals surface area contributed by atoms with Crippen LogP contribution in [-0.2, 0) is 24.6 Å². The number of alkyl halides is 3. The van der Waals surface area contributed by atoms with Gasteiger partial charge in [0.25, 0.3) is 5.91 Å². The number of anilines is 2. The third kappa shape index (κ3) is 4.93. The first-order valence-corrected chi connectivity index (χ1v) is 9.55. The Kier molecular flexibility index (Phi) is 5.25. The molecule has 0 aliphatic heterocycles. The first kappa shape index (κ1) is 20.6. The van der Waals surface area contributed by atoms with Gasteiger partial charge in [-0.2, -0.15) is 23.4 Å². The zero-order valence-electron chi connectivity index (χ0n) is 16.5. The van der Waals surface area contributed by atoms with Crippen LogP contribution >= 0.6 is 0 Å². The molecule has 0 spiro atoms. The molecule has 2 amide bonds. The van der Waals surface area contributed by atoms with Gasteiger partial charge in [-0.1, -0.05) is 0 Å². The van der Waals surface area contributed by atoms with Gasteiger partial charge in [-0.3, -0.25) is 19.0 Å². The van der Waals surface area contributed by atoms with Gasteiger partial charge in [-0.25, -0.2) is 0 Å². The molecule has 1 aliphatic rings. The largest absolute Gasteiger partial charge is 0.435 e. The van der Waals surface area contributed by atoms with Crippen LogP contribution in [0.4, 0.5) is 24.5 Å². The van der Waals surface area contributed by atoms with Gasteiger partial charge in [0.1, 0.15) is 6.54 Å². The van der Waals surface area contributed by atoms with Crippen LogP contribution in [0.2, 0.25) is 0 Å². The Labute approximate surface area is 175 Å². The van der Waals surface area contributed by atoms with Crippen LogP contribution in [0.5, 0.6) is 0 Å². The number of aryl methyl sites for hydroxylation is 1. The number of nitrogens with zero attached hydrogens (tertiary/aromatic N) is 4. The number of hydrogen-bond acceptors (Lipinski definition) is 4. The fourth-order valence-electron chi connectivity index (χ4n) is 3.11. The average molecular weight is 432 g/mol. The van der Waals surface area contributed by atoms with Crippen molar-refractivity contribution in [2.45, 2.75) is 31.5 Å². The van der Waals surface area contributed by atoms with Crippen molar-refractivity contribution in [3.8, 4) is 0 Å². The maximum absolute atomic E-state index is 13.0. The van der Waals surface area contributed by atoms with Gasteiger partial charge in [0.05, 0.1) is 0 Å². The number of amides is 2. The van der Waals surface area contributed by atoms with E-state index in [0.717, 1.165) is 23.6 Å². The molecule has 31 heavy (non-hydrogen) atoms. The maximum Gasteiger partial charge on any atom is 0.435 e. The molecule has 3 aromatic rings. The molecule has 8 nitrogen and oxygen atoms in total. The SMILES string of the molecule is Cn1ccc(C(=O)Nc2ccc(NC(=O)Cn3nc(C(F)(F)F)cc3C3CC3)cc2)n1. The maximum atomic E-state index is 13.0. The van der Waals surface area contributed by atoms with E-state index < -0.39 is 17.8 Å². The van der Waals surface area contributed by atoms with Crippen molar-refractivity contribution < 1.29 is 22.8 Å². The predicted molar refractivity (Wildman–Crippen MR) is 105 cm³/mol. The Morgan fingerprint density at radius 3 is 2.26 bits per heavy atom. The van der Waals surface area contributed by atoms with Gasteiger partial charge in [-0.05, 0) is 49.2 Å². The van der Waals surface area contributed by atoms with Crippen LogP contribution in [0.3, 0.4) is 0 Å². The number of halogens is 3. The topological polar surface area (TPSA) is 93.8 Å². The smallest absolute Gasteiger partial charge is 0.324 e. The number of rotatable bonds is 6. The molecule has 4 rings (SSSR count). The minimum Gasteiger partial charge on any atom is -0.324 e. The Hall–Kier alpha value is -3.63. The zero-order chi connectivity index (χ0) is 22.2. The number of nitrogens with one attached hydrogen (secondary N) is 2. The molecule has 0 atom stereocenters. The van der Waals surface area contributed by atoms with Crippen molar-refractivity contribution in [1.82, 2.24) is 19.6 Å². The van der Waals surface area contributed by atoms with E-state index in [1.165, 1.54) is 4.68 Å². The molecule has 1 saturated carbocycles. The summed E-state index contributed by atoms with van der Waals surface area (Å²) in [4.78, 5) is 24.5. The second-order valence-corrected chi connectivity index (χ2v) is 7.34. The molecule has 0 unspecified atom stereocenters. The summed E-state index contributed by atoms with van der Waals surface area (Å²) in [7, 11) is 1.70. The summed E-state index contributed by atoms with van der Waals surface area (Å²) in [5.41, 5.74) is 0.651. The molecule has 162 valence electrons. The Balaban J connectivity index is 1.38. The van der Waals surface area contributed by atoms with Crippen molar-refractivity contribution >= 4 is 23.2 Å². The van der Waals surface area contributed by atoms with Crippen molar-refractivity contribution in [3.63, 3.8) is 0 Å². The lowest BCUT2D eigenvalue weighted by atomic mass is 10.2. The van der Waals surface area contributed by atoms with E-state index in [1.807, 2.05) is 0 Å². The van der Waals surface area contributed by atoms with Crippen molar-refractivity contribution in [2.75, 3.05) is 10.6 Å². The van der Waals surface area contributed by atoms with Crippen molar-refractivity contribution in [2.24, 2.45) is 7.05 Å². The van der Waals surface area contributed by atoms with Crippen LogP contribution in [-0.4, -0.2) is 31.4 Å². The highest BCUT2D eigenvalue weighted by atomic mass is 19.4. The fourth-order valence-corrected chi connectivity index (χ4v) is 3.11. The number of carbonyl (C=O) groups is 2. The Morgan fingerprint density at radius 1 is 1.06 bits per heavy atom. The summed E-state index contributed by atoms with van der Waals surface area (Å²) in [5, 5.41) is 12.9. The number of hydrogen-bond donors (Lipinski definition) is 2. The summed E-state index contributed by atoms with van der Waals surface area (Å²) in [6.07, 6.45) is -1.33.